The second-order valence-electron chi connectivity index (χ2n) is 10.6. The van der Waals surface area contributed by atoms with Crippen molar-refractivity contribution in [1.29, 1.82) is 0 Å². The molecule has 0 N–H and O–H groups in total. The van der Waals surface area contributed by atoms with Crippen LogP contribution in [0, 0.1) is 12.3 Å². The Balaban J connectivity index is 1.82. The molecular formula is C30H36ClF3O3. The van der Waals surface area contributed by atoms with Crippen LogP contribution in [0.1, 0.15) is 87.2 Å². The summed E-state index contributed by atoms with van der Waals surface area (Å²) < 4.78 is 46.4. The molecule has 1 aliphatic carbocycles. The minimum Gasteiger partial charge on any atom is -0.373 e. The van der Waals surface area contributed by atoms with Gasteiger partial charge in [0, 0.05) is 29.6 Å². The maximum Gasteiger partial charge on any atom is 0.416 e. The zero-order valence-corrected chi connectivity index (χ0v) is 22.6. The van der Waals surface area contributed by atoms with Crippen LogP contribution in [-0.2, 0) is 25.9 Å². The van der Waals surface area contributed by atoms with Crippen molar-refractivity contribution in [2.45, 2.75) is 83.4 Å². The number of Topliss-reactive ketones (excluding diaryl/α,β-unsaturated/α-hetero) is 2. The fraction of sp³-hybridized carbons (Fsp3) is 0.533. The monoisotopic (exact) mass is 536 g/mol. The molecule has 1 atom stereocenters. The molecular weight excluding hydrogens is 501 g/mol. The van der Waals surface area contributed by atoms with E-state index >= 15 is 0 Å². The van der Waals surface area contributed by atoms with Crippen LogP contribution in [0.4, 0.5) is 13.2 Å². The second-order valence-corrected chi connectivity index (χ2v) is 11.0. The van der Waals surface area contributed by atoms with E-state index in [1.165, 1.54) is 0 Å². The van der Waals surface area contributed by atoms with Gasteiger partial charge in [-0.25, -0.2) is 0 Å². The minimum absolute atomic E-state index is 0.0297. The van der Waals surface area contributed by atoms with Crippen LogP contribution in [0.25, 0.3) is 0 Å². The summed E-state index contributed by atoms with van der Waals surface area (Å²) in [6.45, 7) is 5.29. The van der Waals surface area contributed by atoms with Crippen molar-refractivity contribution in [2.75, 3.05) is 12.5 Å². The molecule has 0 aliphatic heterocycles. The van der Waals surface area contributed by atoms with Gasteiger partial charge in [0.15, 0.2) is 0 Å². The van der Waals surface area contributed by atoms with E-state index < -0.39 is 28.7 Å². The standard InChI is InChI=1S/C30H36ClF3O3/c1-21-16-24(18-26(17-21)30(32,33)34)22(2)37-20-29(25-8-5-4-6-9-25)13-11-28(12-14-29,23(3)35)19-27(36)10-7-15-31/h4-6,8-9,16-18,22H,7,10-15,19-20H2,1-3H3/t22-,28?,29?/m1/s1. The molecule has 3 rings (SSSR count). The number of rotatable bonds is 11. The number of ether oxygens (including phenoxy) is 1. The predicted molar refractivity (Wildman–Crippen MR) is 140 cm³/mol. The van der Waals surface area contributed by atoms with E-state index in [4.69, 9.17) is 16.3 Å². The highest BCUT2D eigenvalue weighted by Crippen LogP contribution is 2.50. The van der Waals surface area contributed by atoms with Crippen LogP contribution < -0.4 is 0 Å². The summed E-state index contributed by atoms with van der Waals surface area (Å²) >= 11 is 5.75. The highest BCUT2D eigenvalue weighted by molar-refractivity contribution is 6.17. The fourth-order valence-corrected chi connectivity index (χ4v) is 5.62. The lowest BCUT2D eigenvalue weighted by atomic mass is 9.58. The molecule has 37 heavy (non-hydrogen) atoms. The van der Waals surface area contributed by atoms with E-state index in [1.54, 1.807) is 26.8 Å². The molecule has 0 saturated heterocycles. The summed E-state index contributed by atoms with van der Waals surface area (Å²) in [6.07, 6.45) is -1.35. The number of ketones is 2. The zero-order valence-electron chi connectivity index (χ0n) is 21.8. The Bertz CT molecular complexity index is 1070. The summed E-state index contributed by atoms with van der Waals surface area (Å²) in [7, 11) is 0. The summed E-state index contributed by atoms with van der Waals surface area (Å²) in [5.74, 6) is 0.506. The molecule has 0 aromatic heterocycles. The highest BCUT2D eigenvalue weighted by Gasteiger charge is 2.47. The Labute approximate surface area is 222 Å². The zero-order chi connectivity index (χ0) is 27.3. The van der Waals surface area contributed by atoms with E-state index in [-0.39, 0.29) is 18.0 Å². The van der Waals surface area contributed by atoms with Crippen LogP contribution in [0.5, 0.6) is 0 Å². The van der Waals surface area contributed by atoms with Crippen LogP contribution >= 0.6 is 11.6 Å². The van der Waals surface area contributed by atoms with Crippen LogP contribution in [0.2, 0.25) is 0 Å². The van der Waals surface area contributed by atoms with Gasteiger partial charge in [0.05, 0.1) is 18.3 Å². The van der Waals surface area contributed by atoms with Gasteiger partial charge in [0.1, 0.15) is 11.6 Å². The van der Waals surface area contributed by atoms with Gasteiger partial charge < -0.3 is 4.74 Å². The van der Waals surface area contributed by atoms with Crippen molar-refractivity contribution >= 4 is 23.2 Å². The number of carbonyl (C=O) groups is 2. The van der Waals surface area contributed by atoms with Gasteiger partial charge in [-0.05, 0) is 76.1 Å². The predicted octanol–water partition coefficient (Wildman–Crippen LogP) is 8.16. The number of aryl methyl sites for hydroxylation is 1. The number of carbonyl (C=O) groups excluding carboxylic acids is 2. The van der Waals surface area contributed by atoms with Crippen molar-refractivity contribution in [3.63, 3.8) is 0 Å². The molecule has 2 aromatic carbocycles. The van der Waals surface area contributed by atoms with Gasteiger partial charge in [-0.2, -0.15) is 13.2 Å². The molecule has 0 radical (unpaired) electrons. The molecule has 0 spiro atoms. The van der Waals surface area contributed by atoms with Crippen molar-refractivity contribution in [3.05, 3.63) is 70.8 Å². The van der Waals surface area contributed by atoms with Crippen LogP contribution in [0.3, 0.4) is 0 Å². The molecule has 1 saturated carbocycles. The molecule has 1 aliphatic rings. The maximum absolute atomic E-state index is 13.4. The summed E-state index contributed by atoms with van der Waals surface area (Å²) in [6, 6.07) is 13.9. The first-order chi connectivity index (χ1) is 17.4. The average Bonchev–Trinajstić information content (AvgIpc) is 2.86. The number of benzene rings is 2. The van der Waals surface area contributed by atoms with Gasteiger partial charge in [0.2, 0.25) is 0 Å². The third kappa shape index (κ3) is 7.23. The molecule has 2 aromatic rings. The van der Waals surface area contributed by atoms with Gasteiger partial charge in [-0.3, -0.25) is 9.59 Å². The van der Waals surface area contributed by atoms with E-state index in [9.17, 15) is 22.8 Å². The van der Waals surface area contributed by atoms with Crippen molar-refractivity contribution in [3.8, 4) is 0 Å². The third-order valence-corrected chi connectivity index (χ3v) is 8.20. The average molecular weight is 537 g/mol. The number of hydrogen-bond acceptors (Lipinski definition) is 3. The Morgan fingerprint density at radius 3 is 2.27 bits per heavy atom. The highest BCUT2D eigenvalue weighted by atomic mass is 35.5. The van der Waals surface area contributed by atoms with E-state index in [1.807, 2.05) is 30.3 Å². The molecule has 3 nitrogen and oxygen atoms in total. The topological polar surface area (TPSA) is 43.4 Å². The van der Waals surface area contributed by atoms with E-state index in [0.717, 1.165) is 17.7 Å². The lowest BCUT2D eigenvalue weighted by Gasteiger charge is -2.46. The lowest BCUT2D eigenvalue weighted by Crippen LogP contribution is -2.44. The molecule has 1 fully saturated rings. The Hall–Kier alpha value is -2.18. The largest absolute Gasteiger partial charge is 0.416 e. The SMILES string of the molecule is CC(=O)C1(CC(=O)CCCCl)CCC(CO[C@H](C)c2cc(C)cc(C(F)(F)F)c2)(c2ccccc2)CC1. The van der Waals surface area contributed by atoms with Gasteiger partial charge in [0.25, 0.3) is 0 Å². The van der Waals surface area contributed by atoms with Gasteiger partial charge >= 0.3 is 6.18 Å². The summed E-state index contributed by atoms with van der Waals surface area (Å²) in [4.78, 5) is 25.4. The summed E-state index contributed by atoms with van der Waals surface area (Å²) in [5, 5.41) is 0. The molecule has 0 bridgehead atoms. The van der Waals surface area contributed by atoms with Gasteiger partial charge in [-0.15, -0.1) is 11.6 Å². The maximum atomic E-state index is 13.4. The van der Waals surface area contributed by atoms with Crippen molar-refractivity contribution < 1.29 is 27.5 Å². The lowest BCUT2D eigenvalue weighted by molar-refractivity contribution is -0.137. The number of halogens is 4. The first kappa shape index (κ1) is 29.4. The van der Waals surface area contributed by atoms with Crippen LogP contribution in [0.15, 0.2) is 48.5 Å². The molecule has 202 valence electrons. The Morgan fingerprint density at radius 2 is 1.70 bits per heavy atom. The second kappa shape index (κ2) is 12.1. The van der Waals surface area contributed by atoms with Crippen LogP contribution in [-0.4, -0.2) is 24.1 Å². The number of alkyl halides is 4. The molecule has 0 unspecified atom stereocenters. The summed E-state index contributed by atoms with van der Waals surface area (Å²) in [5.41, 5.74) is 0.317. The van der Waals surface area contributed by atoms with E-state index in [2.05, 4.69) is 0 Å². The minimum atomic E-state index is -4.42. The first-order valence-corrected chi connectivity index (χ1v) is 13.4. The quantitative estimate of drug-likeness (QED) is 0.272. The fourth-order valence-electron chi connectivity index (χ4n) is 5.49. The smallest absolute Gasteiger partial charge is 0.373 e. The third-order valence-electron chi connectivity index (χ3n) is 7.93. The first-order valence-electron chi connectivity index (χ1n) is 12.9. The van der Waals surface area contributed by atoms with Crippen molar-refractivity contribution in [1.82, 2.24) is 0 Å². The van der Waals surface area contributed by atoms with E-state index in [0.29, 0.717) is 62.1 Å². The molecule has 7 heteroatoms. The number of hydrogen-bond donors (Lipinski definition) is 0. The van der Waals surface area contributed by atoms with Gasteiger partial charge in [-0.1, -0.05) is 42.0 Å². The Kier molecular flexibility index (Phi) is 9.62. The Morgan fingerprint density at radius 1 is 1.05 bits per heavy atom. The molecule has 0 heterocycles. The molecule has 0 amide bonds. The normalized spacial score (nSPS) is 23.0. The van der Waals surface area contributed by atoms with Crippen molar-refractivity contribution in [2.24, 2.45) is 5.41 Å².